The molecule has 0 fully saturated rings. The van der Waals surface area contributed by atoms with Gasteiger partial charge in [0.25, 0.3) is 0 Å². The molecule has 0 aliphatic carbocycles. The molecule has 1 aliphatic rings. The molecule has 1 aromatic rings. The first-order valence-electron chi connectivity index (χ1n) is 7.65. The van der Waals surface area contributed by atoms with Gasteiger partial charge in [-0.3, -0.25) is 0 Å². The summed E-state index contributed by atoms with van der Waals surface area (Å²) in [5, 5.41) is 6.36. The van der Waals surface area contributed by atoms with E-state index in [0.29, 0.717) is 27.9 Å². The van der Waals surface area contributed by atoms with Crippen molar-refractivity contribution in [2.24, 2.45) is 0 Å². The van der Waals surface area contributed by atoms with Gasteiger partial charge in [-0.1, -0.05) is 6.07 Å². The molecular weight excluding hydrogens is 360 g/mol. The summed E-state index contributed by atoms with van der Waals surface area (Å²) < 4.78 is 20.2. The fourth-order valence-electron chi connectivity index (χ4n) is 2.50. The Morgan fingerprint density at radius 1 is 1.15 bits per heavy atom. The number of esters is 2. The minimum Gasteiger partial charge on any atom is -0.493 e. The van der Waals surface area contributed by atoms with Gasteiger partial charge in [-0.05, 0) is 36.8 Å². The smallest absolute Gasteiger partial charge is 0.343 e. The van der Waals surface area contributed by atoms with Crippen LogP contribution in [0.25, 0.3) is 0 Å². The van der Waals surface area contributed by atoms with Crippen LogP contribution in [-0.2, 0) is 19.1 Å². The zero-order chi connectivity index (χ0) is 19.3. The van der Waals surface area contributed by atoms with E-state index >= 15 is 0 Å². The van der Waals surface area contributed by atoms with E-state index in [-0.39, 0.29) is 6.61 Å². The first-order chi connectivity index (χ1) is 12.4. The molecule has 0 spiro atoms. The molecule has 8 nitrogen and oxygen atoms in total. The lowest BCUT2D eigenvalue weighted by Crippen LogP contribution is -2.45. The maximum atomic E-state index is 12.2. The Hall–Kier alpha value is -2.81. The summed E-state index contributed by atoms with van der Waals surface area (Å²) >= 11 is 5.19. The molecule has 2 N–H and O–H groups in total. The number of hydrogen-bond acceptors (Lipinski definition) is 7. The Labute approximate surface area is 156 Å². The minimum atomic E-state index is -0.514. The SMILES string of the molecule is COC(=O)COc1ccc(C2NC(=S)NC(C)=C2C(=O)OC)cc1OC. The third-order valence-corrected chi connectivity index (χ3v) is 3.99. The molecule has 1 unspecified atom stereocenters. The van der Waals surface area contributed by atoms with Gasteiger partial charge in [0, 0.05) is 5.70 Å². The highest BCUT2D eigenvalue weighted by molar-refractivity contribution is 7.80. The molecule has 0 saturated heterocycles. The summed E-state index contributed by atoms with van der Waals surface area (Å²) in [6.07, 6.45) is 0. The summed E-state index contributed by atoms with van der Waals surface area (Å²) in [7, 11) is 4.07. The lowest BCUT2D eigenvalue weighted by molar-refractivity contribution is -0.143. The van der Waals surface area contributed by atoms with Crippen molar-refractivity contribution in [1.82, 2.24) is 10.6 Å². The van der Waals surface area contributed by atoms with Crippen molar-refractivity contribution in [2.75, 3.05) is 27.9 Å². The molecule has 9 heteroatoms. The molecular formula is C17H20N2O6S. The Morgan fingerprint density at radius 3 is 2.50 bits per heavy atom. The van der Waals surface area contributed by atoms with E-state index in [9.17, 15) is 9.59 Å². The van der Waals surface area contributed by atoms with E-state index in [1.807, 2.05) is 0 Å². The van der Waals surface area contributed by atoms with Gasteiger partial charge in [-0.15, -0.1) is 0 Å². The number of benzene rings is 1. The van der Waals surface area contributed by atoms with Gasteiger partial charge in [0.15, 0.2) is 23.2 Å². The molecule has 1 aliphatic heterocycles. The fourth-order valence-corrected chi connectivity index (χ4v) is 2.77. The largest absolute Gasteiger partial charge is 0.493 e. The predicted molar refractivity (Wildman–Crippen MR) is 96.8 cm³/mol. The van der Waals surface area contributed by atoms with Crippen molar-refractivity contribution in [3.05, 3.63) is 35.0 Å². The van der Waals surface area contributed by atoms with Crippen molar-refractivity contribution in [2.45, 2.75) is 13.0 Å². The van der Waals surface area contributed by atoms with Gasteiger partial charge in [0.05, 0.1) is 32.9 Å². The highest BCUT2D eigenvalue weighted by atomic mass is 32.1. The standard InChI is InChI=1S/C17H20N2O6S/c1-9-14(16(21)24-4)15(19-17(26)18-9)10-5-6-11(12(7-10)22-2)25-8-13(20)23-3/h5-7,15H,8H2,1-4H3,(H2,18,19,26). The highest BCUT2D eigenvalue weighted by Crippen LogP contribution is 2.34. The number of rotatable bonds is 6. The summed E-state index contributed by atoms with van der Waals surface area (Å²) in [5.41, 5.74) is 1.73. The third kappa shape index (κ3) is 4.23. The highest BCUT2D eigenvalue weighted by Gasteiger charge is 2.31. The van der Waals surface area contributed by atoms with Crippen molar-refractivity contribution >= 4 is 29.3 Å². The first-order valence-corrected chi connectivity index (χ1v) is 8.06. The van der Waals surface area contributed by atoms with Crippen LogP contribution in [0.15, 0.2) is 29.5 Å². The van der Waals surface area contributed by atoms with Gasteiger partial charge < -0.3 is 29.6 Å². The van der Waals surface area contributed by atoms with E-state index in [1.54, 1.807) is 25.1 Å². The zero-order valence-corrected chi connectivity index (χ0v) is 15.7. The van der Waals surface area contributed by atoms with Crippen LogP contribution in [0.5, 0.6) is 11.5 Å². The second kappa shape index (κ2) is 8.52. The number of ether oxygens (including phenoxy) is 4. The molecule has 26 heavy (non-hydrogen) atoms. The van der Waals surface area contributed by atoms with Crippen LogP contribution in [0.4, 0.5) is 0 Å². The summed E-state index contributed by atoms with van der Waals surface area (Å²) in [6, 6.07) is 4.58. The molecule has 1 aromatic carbocycles. The lowest BCUT2D eigenvalue weighted by Gasteiger charge is -2.29. The van der Waals surface area contributed by atoms with E-state index in [4.69, 9.17) is 26.4 Å². The van der Waals surface area contributed by atoms with Crippen LogP contribution in [0.3, 0.4) is 0 Å². The number of carbonyl (C=O) groups is 2. The lowest BCUT2D eigenvalue weighted by atomic mass is 9.95. The molecule has 0 aromatic heterocycles. The monoisotopic (exact) mass is 380 g/mol. The van der Waals surface area contributed by atoms with Crippen LogP contribution in [0.2, 0.25) is 0 Å². The van der Waals surface area contributed by atoms with Gasteiger partial charge >= 0.3 is 11.9 Å². The number of methoxy groups -OCH3 is 3. The molecule has 1 atom stereocenters. The Bertz CT molecular complexity index is 762. The average molecular weight is 380 g/mol. The molecule has 0 saturated carbocycles. The molecule has 140 valence electrons. The Morgan fingerprint density at radius 2 is 1.88 bits per heavy atom. The van der Waals surface area contributed by atoms with Crippen LogP contribution >= 0.6 is 12.2 Å². The molecule has 0 radical (unpaired) electrons. The van der Waals surface area contributed by atoms with Crippen molar-refractivity contribution < 1.29 is 28.5 Å². The maximum absolute atomic E-state index is 12.2. The van der Waals surface area contributed by atoms with Crippen LogP contribution in [-0.4, -0.2) is 45.0 Å². The number of thiocarbonyl (C=S) groups is 1. The van der Waals surface area contributed by atoms with Crippen molar-refractivity contribution in [3.8, 4) is 11.5 Å². The van der Waals surface area contributed by atoms with E-state index in [2.05, 4.69) is 15.4 Å². The molecule has 0 amide bonds. The summed E-state index contributed by atoms with van der Waals surface area (Å²) in [6.45, 7) is 1.51. The molecule has 0 bridgehead atoms. The second-order valence-electron chi connectivity index (χ2n) is 5.34. The second-order valence-corrected chi connectivity index (χ2v) is 5.75. The van der Waals surface area contributed by atoms with Crippen molar-refractivity contribution in [3.63, 3.8) is 0 Å². The zero-order valence-electron chi connectivity index (χ0n) is 14.9. The van der Waals surface area contributed by atoms with Crippen LogP contribution < -0.4 is 20.1 Å². The first kappa shape index (κ1) is 19.5. The Kier molecular flexibility index (Phi) is 6.40. The average Bonchev–Trinajstić information content (AvgIpc) is 2.64. The van der Waals surface area contributed by atoms with Gasteiger partial charge in [-0.2, -0.15) is 0 Å². The number of carbonyl (C=O) groups excluding carboxylic acids is 2. The minimum absolute atomic E-state index is 0.242. The molecule has 2 rings (SSSR count). The number of hydrogen-bond donors (Lipinski definition) is 2. The predicted octanol–water partition coefficient (Wildman–Crippen LogP) is 1.21. The topological polar surface area (TPSA) is 95.1 Å². The van der Waals surface area contributed by atoms with Crippen LogP contribution in [0, 0.1) is 0 Å². The maximum Gasteiger partial charge on any atom is 0.343 e. The third-order valence-electron chi connectivity index (χ3n) is 3.77. The summed E-state index contributed by atoms with van der Waals surface area (Å²) in [5.74, 6) is -0.203. The van der Waals surface area contributed by atoms with E-state index < -0.39 is 18.0 Å². The normalized spacial score (nSPS) is 16.3. The summed E-state index contributed by atoms with van der Waals surface area (Å²) in [4.78, 5) is 23.4. The van der Waals surface area contributed by atoms with Gasteiger partial charge in [0.2, 0.25) is 0 Å². The van der Waals surface area contributed by atoms with Crippen molar-refractivity contribution in [1.29, 1.82) is 0 Å². The number of allylic oxidation sites excluding steroid dienone is 1. The quantitative estimate of drug-likeness (QED) is 0.558. The van der Waals surface area contributed by atoms with Crippen LogP contribution in [0.1, 0.15) is 18.5 Å². The number of nitrogens with one attached hydrogen (secondary N) is 2. The Balaban J connectivity index is 2.37. The fraction of sp³-hybridized carbons (Fsp3) is 0.353. The molecule has 1 heterocycles. The van der Waals surface area contributed by atoms with E-state index in [1.165, 1.54) is 21.3 Å². The van der Waals surface area contributed by atoms with Gasteiger partial charge in [0.1, 0.15) is 0 Å². The van der Waals surface area contributed by atoms with Gasteiger partial charge in [-0.25, -0.2) is 9.59 Å². The van der Waals surface area contributed by atoms with E-state index in [0.717, 1.165) is 5.56 Å².